The Bertz CT molecular complexity index is 541. The molecule has 0 atom stereocenters. The Morgan fingerprint density at radius 2 is 2.15 bits per heavy atom. The predicted molar refractivity (Wildman–Crippen MR) is 83.8 cm³/mol. The van der Waals surface area contributed by atoms with Crippen molar-refractivity contribution < 1.29 is 4.74 Å². The van der Waals surface area contributed by atoms with Gasteiger partial charge in [-0.25, -0.2) is 0 Å². The third kappa shape index (κ3) is 4.09. The molecule has 2 aromatic rings. The molecule has 0 unspecified atom stereocenters. The number of aromatic nitrogens is 2. The van der Waals surface area contributed by atoms with Gasteiger partial charge in [-0.05, 0) is 18.6 Å². The van der Waals surface area contributed by atoms with Gasteiger partial charge in [-0.1, -0.05) is 24.3 Å². The van der Waals surface area contributed by atoms with Crippen molar-refractivity contribution in [3.8, 4) is 5.75 Å². The van der Waals surface area contributed by atoms with Gasteiger partial charge < -0.3 is 15.0 Å². The lowest BCUT2D eigenvalue weighted by Gasteiger charge is -2.13. The highest BCUT2D eigenvalue weighted by atomic mass is 32.1. The van der Waals surface area contributed by atoms with Crippen LogP contribution in [-0.2, 0) is 6.61 Å². The molecule has 0 saturated heterocycles. The summed E-state index contributed by atoms with van der Waals surface area (Å²) in [6.45, 7) is 3.48. The smallest absolute Gasteiger partial charge is 0.205 e. The fourth-order valence-electron chi connectivity index (χ4n) is 1.61. The van der Waals surface area contributed by atoms with Crippen molar-refractivity contribution in [2.45, 2.75) is 20.0 Å². The molecule has 0 saturated carbocycles. The molecule has 1 N–H and O–H groups in total. The summed E-state index contributed by atoms with van der Waals surface area (Å²) in [6, 6.07) is 7.99. The van der Waals surface area contributed by atoms with Gasteiger partial charge in [0.15, 0.2) is 5.01 Å². The SMILES string of the molecule is CCCNc1nnc(COc2cccc(N(C)C)c2)s1. The first-order chi connectivity index (χ1) is 9.69. The summed E-state index contributed by atoms with van der Waals surface area (Å²) in [7, 11) is 4.02. The van der Waals surface area contributed by atoms with Crippen LogP contribution in [0.1, 0.15) is 18.4 Å². The van der Waals surface area contributed by atoms with E-state index < -0.39 is 0 Å². The van der Waals surface area contributed by atoms with Crippen molar-refractivity contribution in [2.75, 3.05) is 30.9 Å². The monoisotopic (exact) mass is 292 g/mol. The van der Waals surface area contributed by atoms with Crippen LogP contribution in [0.15, 0.2) is 24.3 Å². The standard InChI is InChI=1S/C14H20N4OS/c1-4-8-15-14-17-16-13(20-14)10-19-12-7-5-6-11(9-12)18(2)3/h5-7,9H,4,8,10H2,1-3H3,(H,15,17). The van der Waals surface area contributed by atoms with E-state index in [0.29, 0.717) is 6.61 Å². The number of nitrogens with one attached hydrogen (secondary N) is 1. The maximum absolute atomic E-state index is 5.75. The van der Waals surface area contributed by atoms with E-state index in [1.54, 1.807) is 0 Å². The Morgan fingerprint density at radius 1 is 1.30 bits per heavy atom. The fraction of sp³-hybridized carbons (Fsp3) is 0.429. The Balaban J connectivity index is 1.91. The van der Waals surface area contributed by atoms with Crippen LogP contribution < -0.4 is 15.0 Å². The maximum Gasteiger partial charge on any atom is 0.205 e. The van der Waals surface area contributed by atoms with Gasteiger partial charge in [-0.2, -0.15) is 0 Å². The summed E-state index contributed by atoms with van der Waals surface area (Å²) in [5.41, 5.74) is 1.12. The summed E-state index contributed by atoms with van der Waals surface area (Å²) in [5.74, 6) is 0.842. The van der Waals surface area contributed by atoms with E-state index in [-0.39, 0.29) is 0 Å². The first-order valence-electron chi connectivity index (χ1n) is 6.65. The number of anilines is 2. The molecular weight excluding hydrogens is 272 g/mol. The van der Waals surface area contributed by atoms with Gasteiger partial charge >= 0.3 is 0 Å². The molecule has 108 valence electrons. The topological polar surface area (TPSA) is 50.3 Å². The summed E-state index contributed by atoms with van der Waals surface area (Å²) >= 11 is 1.53. The lowest BCUT2D eigenvalue weighted by atomic mass is 10.3. The van der Waals surface area contributed by atoms with Gasteiger partial charge in [-0.3, -0.25) is 0 Å². The van der Waals surface area contributed by atoms with E-state index in [9.17, 15) is 0 Å². The molecule has 1 heterocycles. The maximum atomic E-state index is 5.75. The van der Waals surface area contributed by atoms with Gasteiger partial charge in [-0.15, -0.1) is 10.2 Å². The van der Waals surface area contributed by atoms with E-state index >= 15 is 0 Å². The Morgan fingerprint density at radius 3 is 2.90 bits per heavy atom. The zero-order chi connectivity index (χ0) is 14.4. The first kappa shape index (κ1) is 14.6. The van der Waals surface area contributed by atoms with Crippen LogP contribution in [0.25, 0.3) is 0 Å². The lowest BCUT2D eigenvalue weighted by Crippen LogP contribution is -2.08. The second-order valence-electron chi connectivity index (χ2n) is 4.61. The molecular formula is C14H20N4OS. The summed E-state index contributed by atoms with van der Waals surface area (Å²) < 4.78 is 5.75. The van der Waals surface area contributed by atoms with Crippen molar-refractivity contribution in [1.29, 1.82) is 0 Å². The van der Waals surface area contributed by atoms with Crippen LogP contribution in [-0.4, -0.2) is 30.8 Å². The average Bonchev–Trinajstić information content (AvgIpc) is 2.91. The van der Waals surface area contributed by atoms with Crippen LogP contribution in [0, 0.1) is 0 Å². The van der Waals surface area contributed by atoms with Crippen LogP contribution >= 0.6 is 11.3 Å². The van der Waals surface area contributed by atoms with Crippen molar-refractivity contribution in [1.82, 2.24) is 10.2 Å². The molecule has 1 aromatic heterocycles. The zero-order valence-electron chi connectivity index (χ0n) is 12.1. The highest BCUT2D eigenvalue weighted by Gasteiger charge is 2.05. The molecule has 0 spiro atoms. The molecule has 1 aromatic carbocycles. The van der Waals surface area contributed by atoms with E-state index in [4.69, 9.17) is 4.74 Å². The summed E-state index contributed by atoms with van der Waals surface area (Å²) in [4.78, 5) is 2.05. The van der Waals surface area contributed by atoms with Gasteiger partial charge in [0.1, 0.15) is 12.4 Å². The van der Waals surface area contributed by atoms with Crippen LogP contribution in [0.5, 0.6) is 5.75 Å². The molecule has 0 aliphatic heterocycles. The van der Waals surface area contributed by atoms with Crippen LogP contribution in [0.4, 0.5) is 10.8 Å². The molecule has 0 aliphatic rings. The molecule has 0 fully saturated rings. The molecule has 0 aliphatic carbocycles. The van der Waals surface area contributed by atoms with Crippen molar-refractivity contribution >= 4 is 22.2 Å². The predicted octanol–water partition coefficient (Wildman–Crippen LogP) is 3.01. The van der Waals surface area contributed by atoms with E-state index in [2.05, 4.69) is 22.4 Å². The van der Waals surface area contributed by atoms with Gasteiger partial charge in [0.2, 0.25) is 5.13 Å². The second kappa shape index (κ2) is 7.09. The van der Waals surface area contributed by atoms with Crippen molar-refractivity contribution in [3.63, 3.8) is 0 Å². The van der Waals surface area contributed by atoms with Crippen molar-refractivity contribution in [3.05, 3.63) is 29.3 Å². The third-order valence-corrected chi connectivity index (χ3v) is 3.54. The molecule has 0 bridgehead atoms. The summed E-state index contributed by atoms with van der Waals surface area (Å²) in [6.07, 6.45) is 1.07. The van der Waals surface area contributed by atoms with E-state index in [1.807, 2.05) is 43.3 Å². The quantitative estimate of drug-likeness (QED) is 0.850. The minimum Gasteiger partial charge on any atom is -0.486 e. The lowest BCUT2D eigenvalue weighted by molar-refractivity contribution is 0.304. The minimum absolute atomic E-state index is 0.447. The number of hydrogen-bond donors (Lipinski definition) is 1. The summed E-state index contributed by atoms with van der Waals surface area (Å²) in [5, 5.41) is 13.1. The Kier molecular flexibility index (Phi) is 5.17. The number of rotatable bonds is 7. The number of ether oxygens (including phenoxy) is 1. The highest BCUT2D eigenvalue weighted by molar-refractivity contribution is 7.15. The molecule has 6 heteroatoms. The normalized spacial score (nSPS) is 10.3. The number of hydrogen-bond acceptors (Lipinski definition) is 6. The van der Waals surface area contributed by atoms with E-state index in [1.165, 1.54) is 11.3 Å². The zero-order valence-corrected chi connectivity index (χ0v) is 12.9. The molecule has 0 radical (unpaired) electrons. The fourth-order valence-corrected chi connectivity index (χ4v) is 2.29. The third-order valence-electron chi connectivity index (χ3n) is 2.69. The van der Waals surface area contributed by atoms with E-state index in [0.717, 1.165) is 34.5 Å². The highest BCUT2D eigenvalue weighted by Crippen LogP contribution is 2.22. The van der Waals surface area contributed by atoms with Crippen LogP contribution in [0.2, 0.25) is 0 Å². The molecule has 0 amide bonds. The average molecular weight is 292 g/mol. The second-order valence-corrected chi connectivity index (χ2v) is 5.67. The number of benzene rings is 1. The molecule has 5 nitrogen and oxygen atoms in total. The van der Waals surface area contributed by atoms with Crippen LogP contribution in [0.3, 0.4) is 0 Å². The van der Waals surface area contributed by atoms with Gasteiger partial charge in [0.25, 0.3) is 0 Å². The number of nitrogens with zero attached hydrogens (tertiary/aromatic N) is 3. The van der Waals surface area contributed by atoms with Gasteiger partial charge in [0, 0.05) is 32.4 Å². The molecule has 20 heavy (non-hydrogen) atoms. The Hall–Kier alpha value is -1.82. The van der Waals surface area contributed by atoms with Gasteiger partial charge in [0.05, 0.1) is 0 Å². The molecule has 2 rings (SSSR count). The van der Waals surface area contributed by atoms with Crippen molar-refractivity contribution in [2.24, 2.45) is 0 Å². The minimum atomic E-state index is 0.447. The first-order valence-corrected chi connectivity index (χ1v) is 7.47. The Labute approximate surface area is 123 Å². The largest absolute Gasteiger partial charge is 0.486 e.